The molecule has 0 spiro atoms. The van der Waals surface area contributed by atoms with Crippen LogP contribution in [-0.2, 0) is 6.54 Å². The molecule has 0 heterocycles. The molecule has 2 aromatic carbocycles. The molecule has 0 fully saturated rings. The molecule has 2 aromatic rings. The van der Waals surface area contributed by atoms with Gasteiger partial charge in [-0.25, -0.2) is 0 Å². The number of ether oxygens (including phenoxy) is 1. The predicted octanol–water partition coefficient (Wildman–Crippen LogP) is 4.25. The number of nitrogens with one attached hydrogen (secondary N) is 1. The highest BCUT2D eigenvalue weighted by Crippen LogP contribution is 2.25. The minimum absolute atomic E-state index is 0.621. The highest BCUT2D eigenvalue weighted by molar-refractivity contribution is 9.10. The SMILES string of the molecule is COc1ccc(Br)c(CNc2cccc(C)c2C#N)c1. The standard InChI is InChI=1S/C16H15BrN2O/c1-11-4-3-5-16(14(11)9-18)19-10-12-8-13(20-2)6-7-15(12)17/h3-8,19H,10H2,1-2H3. The molecular weight excluding hydrogens is 316 g/mol. The van der Waals surface area contributed by atoms with Crippen molar-refractivity contribution in [1.82, 2.24) is 0 Å². The maximum Gasteiger partial charge on any atom is 0.119 e. The van der Waals surface area contributed by atoms with Gasteiger partial charge in [-0.15, -0.1) is 0 Å². The smallest absolute Gasteiger partial charge is 0.119 e. The summed E-state index contributed by atoms with van der Waals surface area (Å²) in [6.07, 6.45) is 0. The highest BCUT2D eigenvalue weighted by Gasteiger charge is 2.06. The van der Waals surface area contributed by atoms with E-state index in [1.807, 2.05) is 43.3 Å². The van der Waals surface area contributed by atoms with Crippen LogP contribution >= 0.6 is 15.9 Å². The molecule has 1 N–H and O–H groups in total. The van der Waals surface area contributed by atoms with E-state index in [-0.39, 0.29) is 0 Å². The molecule has 20 heavy (non-hydrogen) atoms. The fourth-order valence-electron chi connectivity index (χ4n) is 1.97. The Labute approximate surface area is 127 Å². The Morgan fingerprint density at radius 2 is 2.10 bits per heavy atom. The second-order valence-electron chi connectivity index (χ2n) is 4.42. The number of hydrogen-bond donors (Lipinski definition) is 1. The van der Waals surface area contributed by atoms with Crippen LogP contribution < -0.4 is 10.1 Å². The van der Waals surface area contributed by atoms with E-state index in [1.165, 1.54) is 0 Å². The summed E-state index contributed by atoms with van der Waals surface area (Å²) in [4.78, 5) is 0. The van der Waals surface area contributed by atoms with E-state index in [9.17, 15) is 5.26 Å². The molecule has 102 valence electrons. The Morgan fingerprint density at radius 1 is 1.30 bits per heavy atom. The molecule has 0 aliphatic carbocycles. The van der Waals surface area contributed by atoms with E-state index in [1.54, 1.807) is 7.11 Å². The van der Waals surface area contributed by atoms with Gasteiger partial charge in [0, 0.05) is 11.0 Å². The van der Waals surface area contributed by atoms with Crippen LogP contribution in [0.3, 0.4) is 0 Å². The molecule has 0 radical (unpaired) electrons. The monoisotopic (exact) mass is 330 g/mol. The zero-order valence-electron chi connectivity index (χ0n) is 11.4. The molecule has 0 unspecified atom stereocenters. The van der Waals surface area contributed by atoms with E-state index < -0.39 is 0 Å². The number of nitrogens with zero attached hydrogens (tertiary/aromatic N) is 1. The zero-order chi connectivity index (χ0) is 14.5. The topological polar surface area (TPSA) is 45.0 Å². The third-order valence-corrected chi connectivity index (χ3v) is 3.88. The Kier molecular flexibility index (Phi) is 4.65. The summed E-state index contributed by atoms with van der Waals surface area (Å²) in [6.45, 7) is 2.56. The fraction of sp³-hybridized carbons (Fsp3) is 0.188. The van der Waals surface area contributed by atoms with Crippen molar-refractivity contribution in [3.8, 4) is 11.8 Å². The summed E-state index contributed by atoms with van der Waals surface area (Å²) in [5.74, 6) is 0.815. The number of hydrogen-bond acceptors (Lipinski definition) is 3. The first-order valence-electron chi connectivity index (χ1n) is 6.21. The van der Waals surface area contributed by atoms with Crippen molar-refractivity contribution in [3.05, 3.63) is 57.6 Å². The van der Waals surface area contributed by atoms with Gasteiger partial charge in [0.2, 0.25) is 0 Å². The number of anilines is 1. The van der Waals surface area contributed by atoms with E-state index in [0.717, 1.165) is 27.0 Å². The summed E-state index contributed by atoms with van der Waals surface area (Å²) in [6, 6.07) is 13.9. The molecule has 0 bridgehead atoms. The number of halogens is 1. The van der Waals surface area contributed by atoms with Gasteiger partial charge < -0.3 is 10.1 Å². The molecule has 4 heteroatoms. The van der Waals surface area contributed by atoms with Crippen molar-refractivity contribution in [2.45, 2.75) is 13.5 Å². The number of nitriles is 1. The average molecular weight is 331 g/mol. The minimum atomic E-state index is 0.621. The summed E-state index contributed by atoms with van der Waals surface area (Å²) >= 11 is 3.52. The van der Waals surface area contributed by atoms with Crippen LogP contribution in [0.1, 0.15) is 16.7 Å². The van der Waals surface area contributed by atoms with Crippen molar-refractivity contribution in [1.29, 1.82) is 5.26 Å². The molecule has 0 aliphatic heterocycles. The van der Waals surface area contributed by atoms with Gasteiger partial charge in [0.1, 0.15) is 11.8 Å². The second kappa shape index (κ2) is 6.44. The van der Waals surface area contributed by atoms with Crippen molar-refractivity contribution < 1.29 is 4.74 Å². The number of benzene rings is 2. The first-order valence-corrected chi connectivity index (χ1v) is 7.01. The lowest BCUT2D eigenvalue weighted by atomic mass is 10.1. The van der Waals surface area contributed by atoms with Gasteiger partial charge in [0.05, 0.1) is 18.4 Å². The van der Waals surface area contributed by atoms with Crippen LogP contribution in [0.2, 0.25) is 0 Å². The quantitative estimate of drug-likeness (QED) is 0.911. The van der Waals surface area contributed by atoms with Gasteiger partial charge in [-0.2, -0.15) is 5.26 Å². The first kappa shape index (κ1) is 14.4. The van der Waals surface area contributed by atoms with Gasteiger partial charge >= 0.3 is 0 Å². The second-order valence-corrected chi connectivity index (χ2v) is 5.27. The highest BCUT2D eigenvalue weighted by atomic mass is 79.9. The van der Waals surface area contributed by atoms with Crippen molar-refractivity contribution in [2.24, 2.45) is 0 Å². The van der Waals surface area contributed by atoms with E-state index >= 15 is 0 Å². The fourth-order valence-corrected chi connectivity index (χ4v) is 2.35. The van der Waals surface area contributed by atoms with Crippen molar-refractivity contribution >= 4 is 21.6 Å². The molecule has 0 aliphatic rings. The van der Waals surface area contributed by atoms with Crippen LogP contribution in [0.5, 0.6) is 5.75 Å². The zero-order valence-corrected chi connectivity index (χ0v) is 13.0. The molecular formula is C16H15BrN2O. The summed E-state index contributed by atoms with van der Waals surface area (Å²) in [5.41, 5.74) is 3.59. The maximum absolute atomic E-state index is 9.21. The lowest BCUT2D eigenvalue weighted by Gasteiger charge is -2.12. The van der Waals surface area contributed by atoms with Crippen LogP contribution in [0.15, 0.2) is 40.9 Å². The molecule has 0 saturated carbocycles. The first-order chi connectivity index (χ1) is 9.65. The summed E-state index contributed by atoms with van der Waals surface area (Å²) in [7, 11) is 1.65. The maximum atomic E-state index is 9.21. The Bertz CT molecular complexity index is 662. The van der Waals surface area contributed by atoms with Crippen molar-refractivity contribution in [3.63, 3.8) is 0 Å². The van der Waals surface area contributed by atoms with Gasteiger partial charge in [-0.1, -0.05) is 28.1 Å². The lowest BCUT2D eigenvalue weighted by molar-refractivity contribution is 0.414. The van der Waals surface area contributed by atoms with Gasteiger partial charge in [-0.3, -0.25) is 0 Å². The predicted molar refractivity (Wildman–Crippen MR) is 83.9 cm³/mol. The molecule has 0 aromatic heterocycles. The Hall–Kier alpha value is -1.99. The Morgan fingerprint density at radius 3 is 2.80 bits per heavy atom. The summed E-state index contributed by atoms with van der Waals surface area (Å²) in [5, 5.41) is 12.5. The van der Waals surface area contributed by atoms with E-state index in [2.05, 4.69) is 27.3 Å². The number of aryl methyl sites for hydroxylation is 1. The number of rotatable bonds is 4. The Balaban J connectivity index is 2.21. The molecule has 3 nitrogen and oxygen atoms in total. The van der Waals surface area contributed by atoms with Crippen LogP contribution in [0, 0.1) is 18.3 Å². The normalized spacial score (nSPS) is 9.90. The third kappa shape index (κ3) is 3.12. The molecule has 0 atom stereocenters. The number of methoxy groups -OCH3 is 1. The molecule has 2 rings (SSSR count). The van der Waals surface area contributed by atoms with Crippen LogP contribution in [0.4, 0.5) is 5.69 Å². The lowest BCUT2D eigenvalue weighted by Crippen LogP contribution is -2.03. The van der Waals surface area contributed by atoms with Gasteiger partial charge in [0.25, 0.3) is 0 Å². The van der Waals surface area contributed by atoms with Crippen molar-refractivity contribution in [2.75, 3.05) is 12.4 Å². The van der Waals surface area contributed by atoms with E-state index in [4.69, 9.17) is 4.74 Å². The van der Waals surface area contributed by atoms with Crippen LogP contribution in [-0.4, -0.2) is 7.11 Å². The van der Waals surface area contributed by atoms with Crippen LogP contribution in [0.25, 0.3) is 0 Å². The third-order valence-electron chi connectivity index (χ3n) is 3.11. The van der Waals surface area contributed by atoms with Gasteiger partial charge in [-0.05, 0) is 42.3 Å². The largest absolute Gasteiger partial charge is 0.497 e. The molecule has 0 amide bonds. The van der Waals surface area contributed by atoms with Gasteiger partial charge in [0.15, 0.2) is 0 Å². The molecule has 0 saturated heterocycles. The van der Waals surface area contributed by atoms with E-state index in [0.29, 0.717) is 12.1 Å². The minimum Gasteiger partial charge on any atom is -0.497 e. The summed E-state index contributed by atoms with van der Waals surface area (Å²) < 4.78 is 6.24. The average Bonchev–Trinajstić information content (AvgIpc) is 2.46.